The number of nitrogens with zero attached hydrogens (tertiary/aromatic N) is 1. The molecule has 2 aliphatic heterocycles. The fourth-order valence-corrected chi connectivity index (χ4v) is 2.17. The predicted molar refractivity (Wildman–Crippen MR) is 45.5 cm³/mol. The van der Waals surface area contributed by atoms with Gasteiger partial charge in [-0.3, -0.25) is 10.2 Å². The molecule has 2 rings (SSSR count). The van der Waals surface area contributed by atoms with Crippen LogP contribution in [-0.2, 0) is 0 Å². The third-order valence-corrected chi connectivity index (χ3v) is 2.99. The van der Waals surface area contributed by atoms with Gasteiger partial charge in [-0.1, -0.05) is 0 Å². The van der Waals surface area contributed by atoms with E-state index >= 15 is 0 Å². The summed E-state index contributed by atoms with van der Waals surface area (Å²) >= 11 is 0. The van der Waals surface area contributed by atoms with E-state index in [-0.39, 0.29) is 0 Å². The zero-order valence-corrected chi connectivity index (χ0v) is 7.19. The topological polar surface area (TPSA) is 27.3 Å². The Morgan fingerprint density at radius 3 is 2.82 bits per heavy atom. The van der Waals surface area contributed by atoms with Crippen molar-refractivity contribution in [2.45, 2.75) is 18.5 Å². The average molecular weight is 155 g/mol. The SMILES string of the molecule is CN1CCNC12CCCNC2. The molecule has 0 aromatic carbocycles. The van der Waals surface area contributed by atoms with E-state index in [1.807, 2.05) is 0 Å². The third-order valence-electron chi connectivity index (χ3n) is 2.99. The second kappa shape index (κ2) is 2.73. The first-order valence-corrected chi connectivity index (χ1v) is 4.50. The maximum Gasteiger partial charge on any atom is 0.0839 e. The number of nitrogens with one attached hydrogen (secondary N) is 2. The van der Waals surface area contributed by atoms with Crippen LogP contribution in [0.4, 0.5) is 0 Å². The van der Waals surface area contributed by atoms with Crippen LogP contribution in [0.15, 0.2) is 0 Å². The normalized spacial score (nSPS) is 40.1. The Morgan fingerprint density at radius 2 is 2.27 bits per heavy atom. The Balaban J connectivity index is 2.06. The van der Waals surface area contributed by atoms with E-state index in [9.17, 15) is 0 Å². The molecule has 3 nitrogen and oxygen atoms in total. The summed E-state index contributed by atoms with van der Waals surface area (Å²) < 4.78 is 0. The molecule has 11 heavy (non-hydrogen) atoms. The van der Waals surface area contributed by atoms with Crippen LogP contribution < -0.4 is 10.6 Å². The minimum atomic E-state index is 0.304. The highest BCUT2D eigenvalue weighted by molar-refractivity contribution is 4.96. The van der Waals surface area contributed by atoms with Crippen molar-refractivity contribution in [2.24, 2.45) is 0 Å². The van der Waals surface area contributed by atoms with Gasteiger partial charge in [-0.2, -0.15) is 0 Å². The lowest BCUT2D eigenvalue weighted by Crippen LogP contribution is -2.59. The molecular formula is C8H17N3. The lowest BCUT2D eigenvalue weighted by molar-refractivity contribution is 0.114. The van der Waals surface area contributed by atoms with E-state index in [0.717, 1.165) is 13.1 Å². The largest absolute Gasteiger partial charge is 0.314 e. The third kappa shape index (κ3) is 1.17. The second-order valence-corrected chi connectivity index (χ2v) is 3.66. The van der Waals surface area contributed by atoms with Crippen LogP contribution in [0.5, 0.6) is 0 Å². The molecule has 2 N–H and O–H groups in total. The highest BCUT2D eigenvalue weighted by Crippen LogP contribution is 2.22. The molecule has 1 atom stereocenters. The Morgan fingerprint density at radius 1 is 1.36 bits per heavy atom. The van der Waals surface area contributed by atoms with Crippen molar-refractivity contribution < 1.29 is 0 Å². The van der Waals surface area contributed by atoms with Crippen molar-refractivity contribution in [1.29, 1.82) is 0 Å². The van der Waals surface area contributed by atoms with Gasteiger partial charge in [0.1, 0.15) is 0 Å². The van der Waals surface area contributed by atoms with Gasteiger partial charge in [-0.05, 0) is 26.4 Å². The summed E-state index contributed by atoms with van der Waals surface area (Å²) in [7, 11) is 2.22. The molecular weight excluding hydrogens is 138 g/mol. The summed E-state index contributed by atoms with van der Waals surface area (Å²) in [4.78, 5) is 2.44. The van der Waals surface area contributed by atoms with E-state index in [1.165, 1.54) is 25.9 Å². The lowest BCUT2D eigenvalue weighted by Gasteiger charge is -2.39. The van der Waals surface area contributed by atoms with Crippen molar-refractivity contribution in [3.8, 4) is 0 Å². The molecule has 2 fully saturated rings. The summed E-state index contributed by atoms with van der Waals surface area (Å²) in [5, 5.41) is 7.03. The molecule has 3 heteroatoms. The van der Waals surface area contributed by atoms with Gasteiger partial charge in [-0.25, -0.2) is 0 Å². The zero-order valence-electron chi connectivity index (χ0n) is 7.19. The van der Waals surface area contributed by atoms with E-state index in [2.05, 4.69) is 22.6 Å². The van der Waals surface area contributed by atoms with Crippen molar-refractivity contribution in [1.82, 2.24) is 15.5 Å². The monoisotopic (exact) mass is 155 g/mol. The van der Waals surface area contributed by atoms with Crippen molar-refractivity contribution in [2.75, 3.05) is 33.2 Å². The number of rotatable bonds is 0. The summed E-state index contributed by atoms with van der Waals surface area (Å²) in [5.41, 5.74) is 0.304. The highest BCUT2D eigenvalue weighted by Gasteiger charge is 2.38. The molecule has 0 saturated carbocycles. The number of likely N-dealkylation sites (N-methyl/N-ethyl adjacent to an activating group) is 1. The molecule has 0 aromatic heterocycles. The van der Waals surface area contributed by atoms with E-state index < -0.39 is 0 Å². The average Bonchev–Trinajstić information content (AvgIpc) is 2.36. The smallest absolute Gasteiger partial charge is 0.0839 e. The molecule has 0 amide bonds. The first-order valence-electron chi connectivity index (χ1n) is 4.50. The Labute approximate surface area is 68.1 Å². The lowest BCUT2D eigenvalue weighted by atomic mass is 10.00. The van der Waals surface area contributed by atoms with Crippen molar-refractivity contribution in [3.63, 3.8) is 0 Å². The highest BCUT2D eigenvalue weighted by atomic mass is 15.4. The Bertz CT molecular complexity index is 140. The van der Waals surface area contributed by atoms with Gasteiger partial charge in [-0.15, -0.1) is 0 Å². The number of piperidine rings is 1. The molecule has 1 spiro atoms. The number of hydrogen-bond donors (Lipinski definition) is 2. The molecule has 0 aliphatic carbocycles. The quantitative estimate of drug-likeness (QED) is 0.498. The van der Waals surface area contributed by atoms with E-state index in [4.69, 9.17) is 0 Å². The van der Waals surface area contributed by atoms with E-state index in [0.29, 0.717) is 5.66 Å². The zero-order chi connectivity index (χ0) is 7.73. The van der Waals surface area contributed by atoms with Crippen LogP contribution in [-0.4, -0.2) is 43.8 Å². The molecule has 0 aromatic rings. The van der Waals surface area contributed by atoms with Crippen LogP contribution in [0.2, 0.25) is 0 Å². The molecule has 1 unspecified atom stereocenters. The second-order valence-electron chi connectivity index (χ2n) is 3.66. The Kier molecular flexibility index (Phi) is 1.87. The van der Waals surface area contributed by atoms with Gasteiger partial charge in [0, 0.05) is 19.6 Å². The minimum Gasteiger partial charge on any atom is -0.314 e. The standard InChI is InChI=1S/C8H17N3/c1-11-6-5-10-8(11)3-2-4-9-7-8/h9-10H,2-7H2,1H3. The first-order chi connectivity index (χ1) is 5.33. The molecule has 2 aliphatic rings. The molecule has 0 radical (unpaired) electrons. The fraction of sp³-hybridized carbons (Fsp3) is 1.00. The number of hydrogen-bond acceptors (Lipinski definition) is 3. The van der Waals surface area contributed by atoms with Gasteiger partial charge < -0.3 is 5.32 Å². The maximum absolute atomic E-state index is 3.59. The Hall–Kier alpha value is -0.120. The molecule has 64 valence electrons. The van der Waals surface area contributed by atoms with Crippen LogP contribution in [0.25, 0.3) is 0 Å². The van der Waals surface area contributed by atoms with Crippen LogP contribution in [0, 0.1) is 0 Å². The van der Waals surface area contributed by atoms with Crippen molar-refractivity contribution in [3.05, 3.63) is 0 Å². The van der Waals surface area contributed by atoms with E-state index in [1.54, 1.807) is 0 Å². The van der Waals surface area contributed by atoms with Crippen LogP contribution in [0.3, 0.4) is 0 Å². The predicted octanol–water partition coefficient (Wildman–Crippen LogP) is -0.399. The first kappa shape index (κ1) is 7.53. The van der Waals surface area contributed by atoms with Gasteiger partial charge in [0.2, 0.25) is 0 Å². The van der Waals surface area contributed by atoms with Crippen LogP contribution in [0.1, 0.15) is 12.8 Å². The van der Waals surface area contributed by atoms with Crippen LogP contribution >= 0.6 is 0 Å². The van der Waals surface area contributed by atoms with Gasteiger partial charge >= 0.3 is 0 Å². The summed E-state index contributed by atoms with van der Waals surface area (Å²) in [6.07, 6.45) is 2.60. The molecule has 0 bridgehead atoms. The minimum absolute atomic E-state index is 0.304. The summed E-state index contributed by atoms with van der Waals surface area (Å²) in [6.45, 7) is 4.65. The fourth-order valence-electron chi connectivity index (χ4n) is 2.17. The summed E-state index contributed by atoms with van der Waals surface area (Å²) in [5.74, 6) is 0. The van der Waals surface area contributed by atoms with Gasteiger partial charge in [0.05, 0.1) is 5.66 Å². The summed E-state index contributed by atoms with van der Waals surface area (Å²) in [6, 6.07) is 0. The van der Waals surface area contributed by atoms with Crippen molar-refractivity contribution >= 4 is 0 Å². The van der Waals surface area contributed by atoms with Gasteiger partial charge in [0.15, 0.2) is 0 Å². The van der Waals surface area contributed by atoms with Gasteiger partial charge in [0.25, 0.3) is 0 Å². The molecule has 2 heterocycles. The molecule has 2 saturated heterocycles. The maximum atomic E-state index is 3.59.